The Hall–Kier alpha value is -3.82. The van der Waals surface area contributed by atoms with Gasteiger partial charge >= 0.3 is 12.3 Å². The molecular formula is C20H16F3N3O4. The number of nitrogens with two attached hydrogens (primary N) is 1. The Kier molecular flexibility index (Phi) is 5.50. The molecule has 3 aromatic rings. The summed E-state index contributed by atoms with van der Waals surface area (Å²) < 4.78 is 43.4. The van der Waals surface area contributed by atoms with Crippen LogP contribution >= 0.6 is 0 Å². The maximum atomic E-state index is 12.7. The van der Waals surface area contributed by atoms with Gasteiger partial charge in [-0.15, -0.1) is 13.2 Å². The van der Waals surface area contributed by atoms with Gasteiger partial charge in [-0.2, -0.15) is 5.10 Å². The highest BCUT2D eigenvalue weighted by atomic mass is 19.4. The van der Waals surface area contributed by atoms with Crippen molar-refractivity contribution in [3.63, 3.8) is 0 Å². The number of nitrogens with zero attached hydrogens (tertiary/aromatic N) is 2. The van der Waals surface area contributed by atoms with E-state index >= 15 is 0 Å². The van der Waals surface area contributed by atoms with Crippen LogP contribution in [0.1, 0.15) is 33.5 Å². The number of primary amides is 1. The van der Waals surface area contributed by atoms with Gasteiger partial charge in [-0.1, -0.05) is 37.3 Å². The summed E-state index contributed by atoms with van der Waals surface area (Å²) in [6.07, 6.45) is -4.68. The minimum atomic E-state index is -4.87. The lowest BCUT2D eigenvalue weighted by Crippen LogP contribution is -2.18. The molecule has 156 valence electrons. The van der Waals surface area contributed by atoms with Crippen molar-refractivity contribution in [3.8, 4) is 22.6 Å². The van der Waals surface area contributed by atoms with E-state index in [9.17, 15) is 27.9 Å². The highest BCUT2D eigenvalue weighted by Crippen LogP contribution is 2.34. The summed E-state index contributed by atoms with van der Waals surface area (Å²) in [5.74, 6) is -2.61. The van der Waals surface area contributed by atoms with Crippen molar-refractivity contribution in [1.29, 1.82) is 0 Å². The average Bonchev–Trinajstić information content (AvgIpc) is 3.07. The van der Waals surface area contributed by atoms with Crippen molar-refractivity contribution in [2.24, 2.45) is 5.73 Å². The second-order valence-electron chi connectivity index (χ2n) is 6.20. The van der Waals surface area contributed by atoms with E-state index in [4.69, 9.17) is 5.73 Å². The van der Waals surface area contributed by atoms with Crippen LogP contribution in [-0.4, -0.2) is 33.1 Å². The van der Waals surface area contributed by atoms with Crippen LogP contribution < -0.4 is 10.5 Å². The second kappa shape index (κ2) is 7.90. The van der Waals surface area contributed by atoms with E-state index in [0.29, 0.717) is 5.56 Å². The fraction of sp³-hybridized carbons (Fsp3) is 0.150. The molecular weight excluding hydrogens is 403 g/mol. The summed E-state index contributed by atoms with van der Waals surface area (Å²) in [6, 6.07) is 11.6. The number of carbonyl (C=O) groups excluding carboxylic acids is 1. The van der Waals surface area contributed by atoms with E-state index in [-0.39, 0.29) is 34.6 Å². The number of aromatic carboxylic acids is 1. The van der Waals surface area contributed by atoms with Gasteiger partial charge in [0, 0.05) is 11.1 Å². The van der Waals surface area contributed by atoms with Crippen LogP contribution in [0.5, 0.6) is 5.75 Å². The van der Waals surface area contributed by atoms with Gasteiger partial charge in [0.05, 0.1) is 5.69 Å². The molecule has 3 N–H and O–H groups in total. The van der Waals surface area contributed by atoms with Crippen LogP contribution in [0.15, 0.2) is 48.5 Å². The van der Waals surface area contributed by atoms with Crippen molar-refractivity contribution in [2.45, 2.75) is 19.7 Å². The summed E-state index contributed by atoms with van der Waals surface area (Å²) in [4.78, 5) is 23.5. The number of aromatic nitrogens is 2. The van der Waals surface area contributed by atoms with Crippen LogP contribution in [0, 0.1) is 0 Å². The fourth-order valence-electron chi connectivity index (χ4n) is 3.12. The lowest BCUT2D eigenvalue weighted by Gasteiger charge is -2.14. The number of carbonyl (C=O) groups is 2. The molecule has 0 aliphatic carbocycles. The number of hydrogen-bond acceptors (Lipinski definition) is 4. The monoisotopic (exact) mass is 419 g/mol. The lowest BCUT2D eigenvalue weighted by atomic mass is 10.0. The summed E-state index contributed by atoms with van der Waals surface area (Å²) in [5, 5.41) is 13.4. The minimum absolute atomic E-state index is 0.105. The van der Waals surface area contributed by atoms with Gasteiger partial charge in [-0.25, -0.2) is 9.48 Å². The first-order chi connectivity index (χ1) is 14.1. The van der Waals surface area contributed by atoms with Crippen molar-refractivity contribution >= 4 is 11.9 Å². The van der Waals surface area contributed by atoms with Gasteiger partial charge in [0.2, 0.25) is 0 Å². The molecule has 0 saturated heterocycles. The van der Waals surface area contributed by atoms with E-state index in [1.807, 2.05) is 0 Å². The molecule has 0 saturated carbocycles. The highest BCUT2D eigenvalue weighted by Gasteiger charge is 2.32. The standard InChI is InChI=1S/C20H16F3N3O4/c1-2-13-16(19(28)29)25-26(17(13)18(24)27)12-7-5-6-11(10-12)14-8-3-4-9-15(14)30-20(21,22)23/h3-10H,2H2,1H3,(H2,24,27)(H,28,29). The van der Waals surface area contributed by atoms with Crippen LogP contribution in [-0.2, 0) is 6.42 Å². The summed E-state index contributed by atoms with van der Waals surface area (Å²) in [7, 11) is 0. The van der Waals surface area contributed by atoms with E-state index in [1.54, 1.807) is 19.1 Å². The molecule has 0 radical (unpaired) electrons. The number of para-hydroxylation sites is 1. The Morgan fingerprint density at radius 2 is 1.87 bits per heavy atom. The number of benzene rings is 2. The van der Waals surface area contributed by atoms with Gasteiger partial charge in [-0.3, -0.25) is 4.79 Å². The molecule has 0 aliphatic rings. The molecule has 30 heavy (non-hydrogen) atoms. The van der Waals surface area contributed by atoms with Crippen LogP contribution in [0.3, 0.4) is 0 Å². The molecule has 0 fully saturated rings. The highest BCUT2D eigenvalue weighted by molar-refractivity contribution is 5.98. The molecule has 0 unspecified atom stereocenters. The van der Waals surface area contributed by atoms with E-state index in [2.05, 4.69) is 9.84 Å². The number of halogens is 3. The Bertz CT molecular complexity index is 1120. The number of alkyl halides is 3. The first-order valence-electron chi connectivity index (χ1n) is 8.73. The zero-order valence-corrected chi connectivity index (χ0v) is 15.6. The number of carboxylic acids is 1. The molecule has 0 bridgehead atoms. The van der Waals surface area contributed by atoms with Crippen LogP contribution in [0.4, 0.5) is 13.2 Å². The van der Waals surface area contributed by atoms with Gasteiger partial charge in [0.1, 0.15) is 11.4 Å². The van der Waals surface area contributed by atoms with Crippen molar-refractivity contribution < 1.29 is 32.6 Å². The minimum Gasteiger partial charge on any atom is -0.476 e. The first-order valence-corrected chi connectivity index (χ1v) is 8.73. The molecule has 0 spiro atoms. The number of carboxylic acid groups (broad SMARTS) is 1. The van der Waals surface area contributed by atoms with Crippen molar-refractivity contribution in [1.82, 2.24) is 9.78 Å². The number of hydrogen-bond donors (Lipinski definition) is 2. The number of amides is 1. The molecule has 1 heterocycles. The van der Waals surface area contributed by atoms with Crippen molar-refractivity contribution in [3.05, 3.63) is 65.5 Å². The number of rotatable bonds is 6. The predicted octanol–water partition coefficient (Wildman–Crippen LogP) is 3.80. The normalized spacial score (nSPS) is 11.3. The summed E-state index contributed by atoms with van der Waals surface area (Å²) >= 11 is 0. The lowest BCUT2D eigenvalue weighted by molar-refractivity contribution is -0.274. The first kappa shape index (κ1) is 20.9. The van der Waals surface area contributed by atoms with Gasteiger partial charge in [-0.05, 0) is 30.2 Å². The zero-order chi connectivity index (χ0) is 22.1. The fourth-order valence-corrected chi connectivity index (χ4v) is 3.12. The molecule has 10 heteroatoms. The van der Waals surface area contributed by atoms with Crippen LogP contribution in [0.2, 0.25) is 0 Å². The summed E-state index contributed by atoms with van der Waals surface area (Å²) in [5.41, 5.74) is 5.94. The number of ether oxygens (including phenoxy) is 1. The van der Waals surface area contributed by atoms with E-state index in [1.165, 1.54) is 36.4 Å². The SMILES string of the molecule is CCc1c(C(=O)O)nn(-c2cccc(-c3ccccc3OC(F)(F)F)c2)c1C(N)=O. The Morgan fingerprint density at radius 1 is 1.17 bits per heavy atom. The second-order valence-corrected chi connectivity index (χ2v) is 6.20. The molecule has 0 atom stereocenters. The Morgan fingerprint density at radius 3 is 2.47 bits per heavy atom. The molecule has 3 rings (SSSR count). The average molecular weight is 419 g/mol. The largest absolute Gasteiger partial charge is 0.573 e. The quantitative estimate of drug-likeness (QED) is 0.632. The van der Waals surface area contributed by atoms with E-state index < -0.39 is 24.0 Å². The maximum Gasteiger partial charge on any atom is 0.573 e. The predicted molar refractivity (Wildman–Crippen MR) is 101 cm³/mol. The Labute approximate surface area is 168 Å². The van der Waals surface area contributed by atoms with Gasteiger partial charge < -0.3 is 15.6 Å². The maximum absolute atomic E-state index is 12.7. The molecule has 7 nitrogen and oxygen atoms in total. The van der Waals surface area contributed by atoms with Crippen LogP contribution in [0.25, 0.3) is 16.8 Å². The van der Waals surface area contributed by atoms with Crippen molar-refractivity contribution in [2.75, 3.05) is 0 Å². The third-order valence-corrected chi connectivity index (χ3v) is 4.29. The molecule has 1 aromatic heterocycles. The third kappa shape index (κ3) is 4.12. The van der Waals surface area contributed by atoms with Gasteiger partial charge in [0.25, 0.3) is 5.91 Å². The topological polar surface area (TPSA) is 107 Å². The summed E-state index contributed by atoms with van der Waals surface area (Å²) in [6.45, 7) is 1.65. The van der Waals surface area contributed by atoms with Gasteiger partial charge in [0.15, 0.2) is 5.69 Å². The molecule has 0 aliphatic heterocycles. The smallest absolute Gasteiger partial charge is 0.476 e. The van der Waals surface area contributed by atoms with E-state index in [0.717, 1.165) is 4.68 Å². The molecule has 1 amide bonds. The Balaban J connectivity index is 2.17. The third-order valence-electron chi connectivity index (χ3n) is 4.29. The molecule has 2 aromatic carbocycles. The zero-order valence-electron chi connectivity index (χ0n) is 15.6.